The smallest absolute Gasteiger partial charge is 0.305 e. The van der Waals surface area contributed by atoms with Crippen LogP contribution < -0.4 is 0 Å². The molecular weight excluding hydrogens is 256 g/mol. The monoisotopic (exact) mass is 278 g/mol. The van der Waals surface area contributed by atoms with Crippen molar-refractivity contribution in [2.24, 2.45) is 0 Å². The van der Waals surface area contributed by atoms with Gasteiger partial charge in [0.05, 0.1) is 13.7 Å². The van der Waals surface area contributed by atoms with Crippen molar-refractivity contribution < 1.29 is 19.4 Å². The lowest BCUT2D eigenvalue weighted by molar-refractivity contribution is -0.140. The van der Waals surface area contributed by atoms with Crippen molar-refractivity contribution in [3.05, 3.63) is 34.4 Å². The lowest BCUT2D eigenvalue weighted by Gasteiger charge is -2.12. The number of esters is 1. The molecule has 0 amide bonds. The number of aliphatic hydroxyl groups is 1. The van der Waals surface area contributed by atoms with E-state index in [0.717, 1.165) is 35.8 Å². The number of carbonyl (C=O) groups is 2. The number of benzene rings is 1. The van der Waals surface area contributed by atoms with Crippen LogP contribution in [0.15, 0.2) is 12.1 Å². The van der Waals surface area contributed by atoms with E-state index in [9.17, 15) is 14.7 Å². The number of hydrogen-bond acceptors (Lipinski definition) is 4. The van der Waals surface area contributed by atoms with Gasteiger partial charge in [0.15, 0.2) is 0 Å². The molecule has 110 valence electrons. The minimum atomic E-state index is -0.228. The fourth-order valence-electron chi connectivity index (χ4n) is 2.26. The highest BCUT2D eigenvalue weighted by atomic mass is 16.5. The maximum atomic E-state index is 11.1. The molecule has 4 nitrogen and oxygen atoms in total. The highest BCUT2D eigenvalue weighted by molar-refractivity contribution is 5.78. The van der Waals surface area contributed by atoms with Gasteiger partial charge in [0.2, 0.25) is 0 Å². The van der Waals surface area contributed by atoms with Crippen LogP contribution in [0.5, 0.6) is 0 Å². The number of aliphatic hydroxyl groups excluding tert-OH is 1. The first kappa shape index (κ1) is 16.4. The van der Waals surface area contributed by atoms with Crippen LogP contribution in [0.25, 0.3) is 0 Å². The van der Waals surface area contributed by atoms with E-state index in [1.54, 1.807) is 6.07 Å². The maximum Gasteiger partial charge on any atom is 0.305 e. The molecule has 0 atom stereocenters. The van der Waals surface area contributed by atoms with E-state index in [4.69, 9.17) is 0 Å². The number of aldehydes is 1. The highest BCUT2D eigenvalue weighted by Crippen LogP contribution is 2.20. The summed E-state index contributed by atoms with van der Waals surface area (Å²) in [6.45, 7) is 1.96. The fraction of sp³-hybridized carbons (Fsp3) is 0.500. The maximum absolute atomic E-state index is 11.1. The standard InChI is InChI=1S/C16H22O4/c1-3-5-12-8-13(6-4-7-16(19)20-2)15(11-18)9-14(12)10-17/h8-10,18H,3-7,11H2,1-2H3. The van der Waals surface area contributed by atoms with Crippen LogP contribution in [0.1, 0.15) is 53.2 Å². The minimum absolute atomic E-state index is 0.0964. The number of ether oxygens (including phenoxy) is 1. The quantitative estimate of drug-likeness (QED) is 0.586. The summed E-state index contributed by atoms with van der Waals surface area (Å²) in [4.78, 5) is 22.2. The summed E-state index contributed by atoms with van der Waals surface area (Å²) in [5.74, 6) is -0.228. The van der Waals surface area contributed by atoms with Crippen LogP contribution >= 0.6 is 0 Å². The molecule has 0 aliphatic rings. The summed E-state index contributed by atoms with van der Waals surface area (Å²) >= 11 is 0. The van der Waals surface area contributed by atoms with Gasteiger partial charge in [-0.15, -0.1) is 0 Å². The molecule has 1 rings (SSSR count). The summed E-state index contributed by atoms with van der Waals surface area (Å²) in [6, 6.07) is 3.74. The Kier molecular flexibility index (Phi) is 6.94. The molecule has 0 aliphatic carbocycles. The third-order valence-electron chi connectivity index (χ3n) is 3.33. The topological polar surface area (TPSA) is 63.6 Å². The molecule has 0 spiro atoms. The van der Waals surface area contributed by atoms with Crippen LogP contribution in [-0.4, -0.2) is 24.5 Å². The second-order valence-corrected chi connectivity index (χ2v) is 4.78. The van der Waals surface area contributed by atoms with Crippen molar-refractivity contribution in [2.75, 3.05) is 7.11 Å². The average Bonchev–Trinajstić information content (AvgIpc) is 2.47. The predicted octanol–water partition coefficient (Wildman–Crippen LogP) is 2.44. The number of rotatable bonds is 8. The van der Waals surface area contributed by atoms with Crippen molar-refractivity contribution in [3.63, 3.8) is 0 Å². The molecule has 0 unspecified atom stereocenters. The second-order valence-electron chi connectivity index (χ2n) is 4.78. The molecule has 0 saturated heterocycles. The van der Waals surface area contributed by atoms with E-state index < -0.39 is 0 Å². The molecule has 0 radical (unpaired) electrons. The molecule has 0 heterocycles. The lowest BCUT2D eigenvalue weighted by atomic mass is 9.94. The van der Waals surface area contributed by atoms with Gasteiger partial charge in [0, 0.05) is 12.0 Å². The van der Waals surface area contributed by atoms with E-state index in [-0.39, 0.29) is 12.6 Å². The summed E-state index contributed by atoms with van der Waals surface area (Å²) in [5.41, 5.74) is 3.42. The van der Waals surface area contributed by atoms with Gasteiger partial charge >= 0.3 is 5.97 Å². The summed E-state index contributed by atoms with van der Waals surface area (Å²) < 4.78 is 4.61. The van der Waals surface area contributed by atoms with E-state index in [1.807, 2.05) is 6.07 Å². The Morgan fingerprint density at radius 1 is 1.25 bits per heavy atom. The largest absolute Gasteiger partial charge is 0.469 e. The van der Waals surface area contributed by atoms with Gasteiger partial charge in [-0.1, -0.05) is 19.4 Å². The SMILES string of the molecule is CCCc1cc(CCCC(=O)OC)c(CO)cc1C=O. The molecule has 0 fully saturated rings. The lowest BCUT2D eigenvalue weighted by Crippen LogP contribution is -2.04. The van der Waals surface area contributed by atoms with Crippen molar-refractivity contribution in [1.29, 1.82) is 0 Å². The van der Waals surface area contributed by atoms with Crippen molar-refractivity contribution in [3.8, 4) is 0 Å². The number of hydrogen-bond donors (Lipinski definition) is 1. The molecule has 20 heavy (non-hydrogen) atoms. The van der Waals surface area contributed by atoms with Crippen LogP contribution in [0.2, 0.25) is 0 Å². The van der Waals surface area contributed by atoms with Crippen LogP contribution in [0.4, 0.5) is 0 Å². The van der Waals surface area contributed by atoms with Crippen molar-refractivity contribution in [1.82, 2.24) is 0 Å². The number of aryl methyl sites for hydroxylation is 2. The fourth-order valence-corrected chi connectivity index (χ4v) is 2.26. The molecule has 1 aromatic carbocycles. The summed E-state index contributed by atoms with van der Waals surface area (Å²) in [6.07, 6.45) is 4.36. The van der Waals surface area contributed by atoms with E-state index in [1.165, 1.54) is 7.11 Å². The highest BCUT2D eigenvalue weighted by Gasteiger charge is 2.10. The first-order valence-electron chi connectivity index (χ1n) is 6.93. The Morgan fingerprint density at radius 2 is 2.00 bits per heavy atom. The normalized spacial score (nSPS) is 10.3. The molecule has 1 N–H and O–H groups in total. The van der Waals surface area contributed by atoms with Gasteiger partial charge in [-0.05, 0) is 42.0 Å². The van der Waals surface area contributed by atoms with Crippen molar-refractivity contribution >= 4 is 12.3 Å². The van der Waals surface area contributed by atoms with Crippen LogP contribution in [0, 0.1) is 0 Å². The van der Waals surface area contributed by atoms with Gasteiger partial charge in [0.25, 0.3) is 0 Å². The zero-order chi connectivity index (χ0) is 15.0. The number of carbonyl (C=O) groups excluding carboxylic acids is 2. The number of methoxy groups -OCH3 is 1. The van der Waals surface area contributed by atoms with E-state index in [2.05, 4.69) is 11.7 Å². The van der Waals surface area contributed by atoms with E-state index >= 15 is 0 Å². The molecule has 0 saturated carbocycles. The molecule has 0 aliphatic heterocycles. The van der Waals surface area contributed by atoms with Gasteiger partial charge in [-0.2, -0.15) is 0 Å². The summed E-state index contributed by atoms with van der Waals surface area (Å²) in [5, 5.41) is 9.41. The zero-order valence-electron chi connectivity index (χ0n) is 12.1. The van der Waals surface area contributed by atoms with Gasteiger partial charge in [-0.25, -0.2) is 0 Å². The third-order valence-corrected chi connectivity index (χ3v) is 3.33. The molecule has 0 aromatic heterocycles. The molecular formula is C16H22O4. The summed E-state index contributed by atoms with van der Waals surface area (Å²) in [7, 11) is 1.37. The molecule has 0 bridgehead atoms. The first-order valence-corrected chi connectivity index (χ1v) is 6.93. The Labute approximate surface area is 119 Å². The Balaban J connectivity index is 2.89. The molecule has 4 heteroatoms. The van der Waals surface area contributed by atoms with Gasteiger partial charge in [0.1, 0.15) is 6.29 Å². The van der Waals surface area contributed by atoms with Gasteiger partial charge < -0.3 is 9.84 Å². The first-order chi connectivity index (χ1) is 9.65. The Bertz CT molecular complexity index is 466. The minimum Gasteiger partial charge on any atom is -0.469 e. The van der Waals surface area contributed by atoms with Crippen molar-refractivity contribution in [2.45, 2.75) is 45.6 Å². The Hall–Kier alpha value is -1.68. The molecule has 1 aromatic rings. The average molecular weight is 278 g/mol. The predicted molar refractivity (Wildman–Crippen MR) is 76.7 cm³/mol. The zero-order valence-corrected chi connectivity index (χ0v) is 12.1. The second kappa shape index (κ2) is 8.48. The van der Waals surface area contributed by atoms with Crippen LogP contribution in [-0.2, 0) is 29.0 Å². The van der Waals surface area contributed by atoms with E-state index in [0.29, 0.717) is 24.8 Å². The van der Waals surface area contributed by atoms with Crippen LogP contribution in [0.3, 0.4) is 0 Å². The van der Waals surface area contributed by atoms with Gasteiger partial charge in [-0.3, -0.25) is 9.59 Å². The Morgan fingerprint density at radius 3 is 2.55 bits per heavy atom. The third kappa shape index (κ3) is 4.46.